The number of rotatable bonds is 9. The topological polar surface area (TPSA) is 83.5 Å². The molecule has 0 spiro atoms. The molecule has 0 aromatic heterocycles. The Hall–Kier alpha value is -0.270. The largest absolute Gasteiger partial charge is 0.481 e. The third kappa shape index (κ3) is 8.99. The van der Waals surface area contributed by atoms with Gasteiger partial charge in [-0.1, -0.05) is 6.92 Å². The van der Waals surface area contributed by atoms with Gasteiger partial charge in [0.1, 0.15) is 0 Å². The van der Waals surface area contributed by atoms with Crippen molar-refractivity contribution in [2.75, 3.05) is 17.3 Å². The van der Waals surface area contributed by atoms with E-state index in [4.69, 9.17) is 5.11 Å². The molecule has 0 aliphatic rings. The maximum Gasteiger partial charge on any atom is 0.304 e. The lowest BCUT2D eigenvalue weighted by Gasteiger charge is -2.13. The SMILES string of the molecule is CCSCCC(C)NS(=O)(=O)CCC(=O)O. The molecule has 0 aromatic carbocycles. The van der Waals surface area contributed by atoms with E-state index in [9.17, 15) is 13.2 Å². The summed E-state index contributed by atoms with van der Waals surface area (Å²) in [4.78, 5) is 10.2. The van der Waals surface area contributed by atoms with Crippen LogP contribution in [0.1, 0.15) is 26.7 Å². The van der Waals surface area contributed by atoms with Gasteiger partial charge in [-0.05, 0) is 24.9 Å². The summed E-state index contributed by atoms with van der Waals surface area (Å²) in [6.45, 7) is 3.83. The van der Waals surface area contributed by atoms with Crippen LogP contribution in [-0.4, -0.2) is 42.8 Å². The first-order valence-electron chi connectivity index (χ1n) is 5.17. The lowest BCUT2D eigenvalue weighted by molar-refractivity contribution is -0.136. The molecule has 0 aliphatic carbocycles. The highest BCUT2D eigenvalue weighted by Gasteiger charge is 2.15. The van der Waals surface area contributed by atoms with Gasteiger partial charge < -0.3 is 5.11 Å². The van der Waals surface area contributed by atoms with Crippen LogP contribution >= 0.6 is 11.8 Å². The van der Waals surface area contributed by atoms with Gasteiger partial charge in [0.05, 0.1) is 12.2 Å². The molecule has 0 bridgehead atoms. The first kappa shape index (κ1) is 15.7. The van der Waals surface area contributed by atoms with Gasteiger partial charge in [0, 0.05) is 6.04 Å². The van der Waals surface area contributed by atoms with Crippen LogP contribution in [0.25, 0.3) is 0 Å². The fourth-order valence-corrected chi connectivity index (χ4v) is 3.15. The molecule has 16 heavy (non-hydrogen) atoms. The van der Waals surface area contributed by atoms with Gasteiger partial charge in [0.2, 0.25) is 10.0 Å². The Labute approximate surface area is 101 Å². The van der Waals surface area contributed by atoms with E-state index >= 15 is 0 Å². The van der Waals surface area contributed by atoms with Crippen molar-refractivity contribution in [1.29, 1.82) is 0 Å². The fourth-order valence-electron chi connectivity index (χ4n) is 1.05. The lowest BCUT2D eigenvalue weighted by atomic mass is 10.3. The van der Waals surface area contributed by atoms with Gasteiger partial charge in [-0.2, -0.15) is 11.8 Å². The Morgan fingerprint density at radius 3 is 2.62 bits per heavy atom. The highest BCUT2D eigenvalue weighted by molar-refractivity contribution is 7.99. The average Bonchev–Trinajstić information content (AvgIpc) is 2.15. The van der Waals surface area contributed by atoms with Gasteiger partial charge in [0.25, 0.3) is 0 Å². The average molecular weight is 269 g/mol. The Balaban J connectivity index is 3.91. The second kappa shape index (κ2) is 7.92. The van der Waals surface area contributed by atoms with E-state index in [0.717, 1.165) is 17.9 Å². The zero-order valence-corrected chi connectivity index (χ0v) is 11.2. The Kier molecular flexibility index (Phi) is 7.78. The van der Waals surface area contributed by atoms with Crippen LogP contribution in [0.2, 0.25) is 0 Å². The Morgan fingerprint density at radius 1 is 1.50 bits per heavy atom. The molecule has 0 saturated carbocycles. The van der Waals surface area contributed by atoms with Crippen molar-refractivity contribution in [2.24, 2.45) is 0 Å². The summed E-state index contributed by atoms with van der Waals surface area (Å²) in [5.74, 6) is 0.463. The van der Waals surface area contributed by atoms with Crippen molar-refractivity contribution >= 4 is 27.8 Å². The maximum absolute atomic E-state index is 11.4. The molecule has 2 N–H and O–H groups in total. The van der Waals surface area contributed by atoms with Crippen LogP contribution in [0.4, 0.5) is 0 Å². The zero-order valence-electron chi connectivity index (χ0n) is 9.60. The molecular weight excluding hydrogens is 250 g/mol. The molecule has 0 aromatic rings. The number of carboxylic acid groups (broad SMARTS) is 1. The molecule has 0 fully saturated rings. The molecule has 0 rings (SSSR count). The summed E-state index contributed by atoms with van der Waals surface area (Å²) in [6, 6.07) is -0.141. The normalized spacial score (nSPS) is 13.6. The van der Waals surface area contributed by atoms with Crippen molar-refractivity contribution in [1.82, 2.24) is 4.72 Å². The summed E-state index contributed by atoms with van der Waals surface area (Å²) in [5, 5.41) is 8.39. The standard InChI is InChI=1S/C9H19NO4S2/c1-3-15-6-4-8(2)10-16(13,14)7-5-9(11)12/h8,10H,3-7H2,1-2H3,(H,11,12). The summed E-state index contributed by atoms with van der Waals surface area (Å²) >= 11 is 1.75. The second-order valence-electron chi connectivity index (χ2n) is 3.47. The van der Waals surface area contributed by atoms with Crippen LogP contribution in [0.3, 0.4) is 0 Å². The number of aliphatic carboxylic acids is 1. The minimum atomic E-state index is -3.45. The Bertz CT molecular complexity index is 303. The summed E-state index contributed by atoms with van der Waals surface area (Å²) in [5.41, 5.74) is 0. The van der Waals surface area contributed by atoms with Crippen molar-refractivity contribution in [2.45, 2.75) is 32.7 Å². The van der Waals surface area contributed by atoms with E-state index in [2.05, 4.69) is 4.72 Å². The van der Waals surface area contributed by atoms with Gasteiger partial charge in [-0.15, -0.1) is 0 Å². The second-order valence-corrected chi connectivity index (χ2v) is 6.73. The van der Waals surface area contributed by atoms with Crippen LogP contribution in [0, 0.1) is 0 Å². The van der Waals surface area contributed by atoms with E-state index in [-0.39, 0.29) is 18.2 Å². The van der Waals surface area contributed by atoms with E-state index in [1.54, 1.807) is 18.7 Å². The van der Waals surface area contributed by atoms with Crippen molar-refractivity contribution in [3.05, 3.63) is 0 Å². The van der Waals surface area contributed by atoms with E-state index in [1.165, 1.54) is 0 Å². The predicted octanol–water partition coefficient (Wildman–Crippen LogP) is 0.912. The molecule has 0 saturated heterocycles. The number of carboxylic acids is 1. The third-order valence-corrected chi connectivity index (χ3v) is 4.30. The van der Waals surface area contributed by atoms with Gasteiger partial charge in [-0.25, -0.2) is 13.1 Å². The quantitative estimate of drug-likeness (QED) is 0.608. The van der Waals surface area contributed by atoms with Crippen molar-refractivity contribution in [3.63, 3.8) is 0 Å². The molecule has 0 radical (unpaired) electrons. The van der Waals surface area contributed by atoms with E-state index in [1.807, 2.05) is 6.92 Å². The summed E-state index contributed by atoms with van der Waals surface area (Å²) in [6.07, 6.45) is 0.399. The first-order valence-corrected chi connectivity index (χ1v) is 7.97. The highest BCUT2D eigenvalue weighted by atomic mass is 32.2. The number of sulfonamides is 1. The summed E-state index contributed by atoms with van der Waals surface area (Å²) in [7, 11) is -3.45. The van der Waals surface area contributed by atoms with Crippen LogP contribution in [-0.2, 0) is 14.8 Å². The minimum Gasteiger partial charge on any atom is -0.481 e. The lowest BCUT2D eigenvalue weighted by Crippen LogP contribution is -2.35. The highest BCUT2D eigenvalue weighted by Crippen LogP contribution is 2.05. The molecule has 1 atom stereocenters. The van der Waals surface area contributed by atoms with Gasteiger partial charge >= 0.3 is 5.97 Å². The zero-order chi connectivity index (χ0) is 12.6. The number of carbonyl (C=O) groups is 1. The molecule has 0 aliphatic heterocycles. The predicted molar refractivity (Wildman–Crippen MR) is 66.3 cm³/mol. The molecule has 0 heterocycles. The van der Waals surface area contributed by atoms with Crippen molar-refractivity contribution in [3.8, 4) is 0 Å². The molecule has 1 unspecified atom stereocenters. The molecule has 5 nitrogen and oxygen atoms in total. The number of thioether (sulfide) groups is 1. The number of nitrogens with one attached hydrogen (secondary N) is 1. The van der Waals surface area contributed by atoms with Crippen LogP contribution < -0.4 is 4.72 Å². The van der Waals surface area contributed by atoms with E-state index in [0.29, 0.717) is 0 Å². The van der Waals surface area contributed by atoms with Crippen molar-refractivity contribution < 1.29 is 18.3 Å². The van der Waals surface area contributed by atoms with Gasteiger partial charge in [0.15, 0.2) is 0 Å². The molecule has 7 heteroatoms. The number of hydrogen-bond acceptors (Lipinski definition) is 4. The summed E-state index contributed by atoms with van der Waals surface area (Å²) < 4.78 is 25.3. The van der Waals surface area contributed by atoms with Gasteiger partial charge in [-0.3, -0.25) is 4.79 Å². The van der Waals surface area contributed by atoms with Crippen LogP contribution in [0.5, 0.6) is 0 Å². The molecule has 96 valence electrons. The monoisotopic (exact) mass is 269 g/mol. The molecular formula is C9H19NO4S2. The minimum absolute atomic E-state index is 0.141. The smallest absolute Gasteiger partial charge is 0.304 e. The van der Waals surface area contributed by atoms with Crippen LogP contribution in [0.15, 0.2) is 0 Å². The third-order valence-electron chi connectivity index (χ3n) is 1.86. The Morgan fingerprint density at radius 2 is 2.12 bits per heavy atom. The fraction of sp³-hybridized carbons (Fsp3) is 0.889. The molecule has 0 amide bonds. The maximum atomic E-state index is 11.4. The first-order chi connectivity index (χ1) is 7.37. The van der Waals surface area contributed by atoms with E-state index < -0.39 is 16.0 Å². The number of hydrogen-bond donors (Lipinski definition) is 2.